The highest BCUT2D eigenvalue weighted by Crippen LogP contribution is 2.22. The van der Waals surface area contributed by atoms with Gasteiger partial charge in [-0.25, -0.2) is 0 Å². The molecule has 7 heteroatoms. The number of hydrogen-bond acceptors (Lipinski definition) is 3. The molecule has 6 nitrogen and oxygen atoms in total. The smallest absolute Gasteiger partial charge is 0.259 e. The van der Waals surface area contributed by atoms with Crippen molar-refractivity contribution >= 4 is 34.0 Å². The Morgan fingerprint density at radius 1 is 1.13 bits per heavy atom. The molecule has 2 aromatic carbocycles. The highest BCUT2D eigenvalue weighted by molar-refractivity contribution is 6.31. The second-order valence-electron chi connectivity index (χ2n) is 7.03. The van der Waals surface area contributed by atoms with Crippen molar-refractivity contribution in [3.8, 4) is 11.3 Å². The quantitative estimate of drug-likeness (QED) is 0.507. The van der Waals surface area contributed by atoms with E-state index in [1.165, 1.54) is 4.57 Å². The van der Waals surface area contributed by atoms with Gasteiger partial charge in [0, 0.05) is 35.0 Å². The molecule has 0 aliphatic heterocycles. The van der Waals surface area contributed by atoms with Gasteiger partial charge in [0.25, 0.3) is 5.56 Å². The summed E-state index contributed by atoms with van der Waals surface area (Å²) in [7, 11) is 0. The van der Waals surface area contributed by atoms with Gasteiger partial charge < -0.3 is 9.88 Å². The molecule has 2 heterocycles. The van der Waals surface area contributed by atoms with Crippen molar-refractivity contribution in [3.05, 3.63) is 82.4 Å². The number of nitrogens with one attached hydrogen (secondary N) is 1. The highest BCUT2D eigenvalue weighted by Gasteiger charge is 2.17. The molecule has 0 radical (unpaired) electrons. The first kappa shape index (κ1) is 19.9. The van der Waals surface area contributed by atoms with Crippen LogP contribution in [-0.4, -0.2) is 20.3 Å². The van der Waals surface area contributed by atoms with Gasteiger partial charge in [-0.1, -0.05) is 23.7 Å². The number of halogens is 1. The van der Waals surface area contributed by atoms with E-state index in [0.29, 0.717) is 16.1 Å². The first-order chi connectivity index (χ1) is 14.5. The predicted molar refractivity (Wildman–Crippen MR) is 120 cm³/mol. The molecule has 0 aliphatic rings. The summed E-state index contributed by atoms with van der Waals surface area (Å²) < 4.78 is 3.34. The van der Waals surface area contributed by atoms with Gasteiger partial charge in [0.1, 0.15) is 6.04 Å². The number of pyridine rings is 1. The lowest BCUT2D eigenvalue weighted by Gasteiger charge is -2.16. The van der Waals surface area contributed by atoms with E-state index < -0.39 is 6.04 Å². The Labute approximate surface area is 178 Å². The van der Waals surface area contributed by atoms with Crippen LogP contribution in [0.25, 0.3) is 22.0 Å². The number of rotatable bonds is 5. The van der Waals surface area contributed by atoms with Gasteiger partial charge in [-0.05, 0) is 67.3 Å². The molecule has 0 aliphatic carbocycles. The van der Waals surface area contributed by atoms with Crippen molar-refractivity contribution in [2.24, 2.45) is 0 Å². The van der Waals surface area contributed by atoms with Crippen LogP contribution in [0.1, 0.15) is 19.9 Å². The van der Waals surface area contributed by atoms with Gasteiger partial charge in [0.15, 0.2) is 0 Å². The highest BCUT2D eigenvalue weighted by atomic mass is 35.5. The van der Waals surface area contributed by atoms with Crippen molar-refractivity contribution in [2.75, 3.05) is 5.32 Å². The minimum absolute atomic E-state index is 0.227. The van der Waals surface area contributed by atoms with Crippen LogP contribution >= 0.6 is 11.6 Å². The Balaban J connectivity index is 1.54. The maximum absolute atomic E-state index is 12.8. The molecule has 30 heavy (non-hydrogen) atoms. The molecule has 0 saturated heterocycles. The molecule has 0 bridgehead atoms. The molecule has 2 aromatic heterocycles. The largest absolute Gasteiger partial charge is 0.324 e. The summed E-state index contributed by atoms with van der Waals surface area (Å²) >= 11 is 6.00. The van der Waals surface area contributed by atoms with Crippen molar-refractivity contribution < 1.29 is 4.79 Å². The number of anilines is 1. The number of aromatic nitrogens is 3. The van der Waals surface area contributed by atoms with E-state index in [-0.39, 0.29) is 11.5 Å². The molecular weight excluding hydrogens is 400 g/mol. The lowest BCUT2D eigenvalue weighted by atomic mass is 10.1. The SMILES string of the molecule is CCn1nccc1-c1ccc(NC(=O)[C@@H](C)n2ccc3cc(Cl)ccc3c2=O)cc1. The van der Waals surface area contributed by atoms with Crippen molar-refractivity contribution in [1.29, 1.82) is 0 Å². The first-order valence-electron chi connectivity index (χ1n) is 9.71. The summed E-state index contributed by atoms with van der Waals surface area (Å²) in [6.45, 7) is 4.52. The summed E-state index contributed by atoms with van der Waals surface area (Å²) in [5.41, 5.74) is 2.48. The number of benzene rings is 2. The molecule has 1 N–H and O–H groups in total. The number of nitrogens with zero attached hydrogens (tertiary/aromatic N) is 3. The Morgan fingerprint density at radius 2 is 1.90 bits per heavy atom. The molecule has 1 amide bonds. The van der Waals surface area contributed by atoms with E-state index in [0.717, 1.165) is 23.2 Å². The second-order valence-corrected chi connectivity index (χ2v) is 7.47. The molecule has 0 saturated carbocycles. The first-order valence-corrected chi connectivity index (χ1v) is 10.1. The molecule has 0 spiro atoms. The van der Waals surface area contributed by atoms with Crippen LogP contribution in [0.15, 0.2) is 71.8 Å². The monoisotopic (exact) mass is 420 g/mol. The fourth-order valence-electron chi connectivity index (χ4n) is 3.47. The lowest BCUT2D eigenvalue weighted by molar-refractivity contribution is -0.118. The Bertz CT molecular complexity index is 1270. The fourth-order valence-corrected chi connectivity index (χ4v) is 3.65. The van der Waals surface area contributed by atoms with E-state index in [9.17, 15) is 9.59 Å². The van der Waals surface area contributed by atoms with E-state index in [1.807, 2.05) is 41.9 Å². The Morgan fingerprint density at radius 3 is 2.63 bits per heavy atom. The third-order valence-corrected chi connectivity index (χ3v) is 5.39. The molecule has 0 fully saturated rings. The topological polar surface area (TPSA) is 68.9 Å². The number of carbonyl (C=O) groups is 1. The third kappa shape index (κ3) is 3.74. The van der Waals surface area contributed by atoms with Crippen LogP contribution in [0, 0.1) is 0 Å². The van der Waals surface area contributed by atoms with Crippen LogP contribution < -0.4 is 10.9 Å². The number of amides is 1. The zero-order valence-corrected chi connectivity index (χ0v) is 17.4. The van der Waals surface area contributed by atoms with Gasteiger partial charge in [0.2, 0.25) is 5.91 Å². The van der Waals surface area contributed by atoms with Crippen LogP contribution in [0.3, 0.4) is 0 Å². The summed E-state index contributed by atoms with van der Waals surface area (Å²) in [6, 6.07) is 15.7. The standard InChI is InChI=1S/C23H21ClN4O2/c1-3-28-21(10-12-25-28)16-4-7-19(8-5-16)26-22(29)15(2)27-13-11-17-14-18(24)6-9-20(17)23(27)30/h4-15H,3H2,1-2H3,(H,26,29)/t15-/m1/s1. The second kappa shape index (κ2) is 8.16. The average Bonchev–Trinajstić information content (AvgIpc) is 3.23. The number of carbonyl (C=O) groups excluding carboxylic acids is 1. The Hall–Kier alpha value is -3.38. The zero-order valence-electron chi connectivity index (χ0n) is 16.7. The molecular formula is C23H21ClN4O2. The van der Waals surface area contributed by atoms with Crippen LogP contribution in [0.2, 0.25) is 5.02 Å². The molecule has 0 unspecified atom stereocenters. The minimum Gasteiger partial charge on any atom is -0.324 e. The summed E-state index contributed by atoms with van der Waals surface area (Å²) in [6.07, 6.45) is 3.39. The van der Waals surface area contributed by atoms with E-state index in [2.05, 4.69) is 10.4 Å². The number of hydrogen-bond donors (Lipinski definition) is 1. The van der Waals surface area contributed by atoms with Gasteiger partial charge in [-0.15, -0.1) is 0 Å². The van der Waals surface area contributed by atoms with Crippen LogP contribution in [-0.2, 0) is 11.3 Å². The summed E-state index contributed by atoms with van der Waals surface area (Å²) in [5, 5.41) is 9.00. The molecule has 4 aromatic rings. The summed E-state index contributed by atoms with van der Waals surface area (Å²) in [4.78, 5) is 25.6. The van der Waals surface area contributed by atoms with Gasteiger partial charge in [0.05, 0.1) is 5.69 Å². The van der Waals surface area contributed by atoms with E-state index in [1.54, 1.807) is 43.6 Å². The van der Waals surface area contributed by atoms with Gasteiger partial charge in [-0.2, -0.15) is 5.10 Å². The summed E-state index contributed by atoms with van der Waals surface area (Å²) in [5.74, 6) is -0.267. The van der Waals surface area contributed by atoms with E-state index >= 15 is 0 Å². The van der Waals surface area contributed by atoms with Gasteiger partial charge >= 0.3 is 0 Å². The Kier molecular flexibility index (Phi) is 5.42. The predicted octanol–water partition coefficient (Wildman–Crippen LogP) is 4.74. The number of fused-ring (bicyclic) bond motifs is 1. The maximum Gasteiger partial charge on any atom is 0.259 e. The average molecular weight is 421 g/mol. The third-order valence-electron chi connectivity index (χ3n) is 5.15. The van der Waals surface area contributed by atoms with Crippen molar-refractivity contribution in [2.45, 2.75) is 26.4 Å². The zero-order chi connectivity index (χ0) is 21.3. The van der Waals surface area contributed by atoms with E-state index in [4.69, 9.17) is 11.6 Å². The van der Waals surface area contributed by atoms with Gasteiger partial charge in [-0.3, -0.25) is 14.3 Å². The normalized spacial score (nSPS) is 12.1. The molecule has 152 valence electrons. The molecule has 4 rings (SSSR count). The fraction of sp³-hybridized carbons (Fsp3) is 0.174. The van der Waals surface area contributed by atoms with Crippen LogP contribution in [0.5, 0.6) is 0 Å². The van der Waals surface area contributed by atoms with Crippen molar-refractivity contribution in [3.63, 3.8) is 0 Å². The van der Waals surface area contributed by atoms with Crippen LogP contribution in [0.4, 0.5) is 5.69 Å². The maximum atomic E-state index is 12.8. The molecule has 1 atom stereocenters. The lowest BCUT2D eigenvalue weighted by Crippen LogP contribution is -2.31. The number of aryl methyl sites for hydroxylation is 1. The minimum atomic E-state index is -0.668. The van der Waals surface area contributed by atoms with Crippen molar-refractivity contribution in [1.82, 2.24) is 14.3 Å².